The summed E-state index contributed by atoms with van der Waals surface area (Å²) in [6, 6.07) is 8.58. The zero-order valence-electron chi connectivity index (χ0n) is 20.2. The second kappa shape index (κ2) is 10.9. The molecule has 5 rings (SSSR count). The highest BCUT2D eigenvalue weighted by Crippen LogP contribution is 2.31. The first-order valence-electron chi connectivity index (χ1n) is 13.5. The Bertz CT molecular complexity index is 904. The highest BCUT2D eigenvalue weighted by molar-refractivity contribution is 5.80. The van der Waals surface area contributed by atoms with Crippen LogP contribution in [0.4, 0.5) is 5.95 Å². The van der Waals surface area contributed by atoms with Gasteiger partial charge in [0.1, 0.15) is 0 Å². The minimum Gasteiger partial charge on any atom is -0.355 e. The van der Waals surface area contributed by atoms with Crippen LogP contribution in [-0.4, -0.2) is 59.6 Å². The van der Waals surface area contributed by atoms with Gasteiger partial charge in [-0.3, -0.25) is 4.79 Å². The third-order valence-electron chi connectivity index (χ3n) is 8.12. The number of carbonyl (C=O) groups excluding carboxylic acids is 1. The van der Waals surface area contributed by atoms with Gasteiger partial charge in [-0.1, -0.05) is 37.8 Å². The molecule has 1 amide bonds. The van der Waals surface area contributed by atoms with Crippen LogP contribution in [0, 0.1) is 11.8 Å². The number of hydrogen-bond acceptors (Lipinski definition) is 4. The fourth-order valence-corrected chi connectivity index (χ4v) is 6.12. The number of anilines is 1. The van der Waals surface area contributed by atoms with E-state index in [0.717, 1.165) is 62.9 Å². The van der Waals surface area contributed by atoms with Gasteiger partial charge in [0.15, 0.2) is 0 Å². The van der Waals surface area contributed by atoms with Crippen molar-refractivity contribution in [2.45, 2.75) is 70.8 Å². The molecule has 180 valence electrons. The SMILES string of the molecule is O=C(NCCN1CCCCC1)C1CCN(c2nc3ccccc3n2CC2CCCCC2)CC1. The maximum atomic E-state index is 12.8. The van der Waals surface area contributed by atoms with E-state index in [2.05, 4.69) is 43.9 Å². The lowest BCUT2D eigenvalue weighted by molar-refractivity contribution is -0.125. The number of hydrogen-bond donors (Lipinski definition) is 1. The van der Waals surface area contributed by atoms with Crippen LogP contribution in [0.1, 0.15) is 64.2 Å². The van der Waals surface area contributed by atoms with Crippen molar-refractivity contribution in [3.05, 3.63) is 24.3 Å². The Morgan fingerprint density at radius 2 is 1.64 bits per heavy atom. The van der Waals surface area contributed by atoms with E-state index in [1.165, 1.54) is 70.0 Å². The summed E-state index contributed by atoms with van der Waals surface area (Å²) in [4.78, 5) is 22.8. The van der Waals surface area contributed by atoms with Crippen molar-refractivity contribution >= 4 is 22.9 Å². The highest BCUT2D eigenvalue weighted by Gasteiger charge is 2.28. The van der Waals surface area contributed by atoms with Gasteiger partial charge in [-0.2, -0.15) is 0 Å². The summed E-state index contributed by atoms with van der Waals surface area (Å²) in [6.45, 7) is 7.07. The molecule has 6 heteroatoms. The van der Waals surface area contributed by atoms with Gasteiger partial charge < -0.3 is 19.7 Å². The van der Waals surface area contributed by atoms with Crippen LogP contribution in [0.25, 0.3) is 11.0 Å². The third-order valence-corrected chi connectivity index (χ3v) is 8.12. The first-order chi connectivity index (χ1) is 16.3. The predicted molar refractivity (Wildman–Crippen MR) is 135 cm³/mol. The molecule has 3 fully saturated rings. The number of likely N-dealkylation sites (tertiary alicyclic amines) is 1. The van der Waals surface area contributed by atoms with Gasteiger partial charge in [-0.25, -0.2) is 4.98 Å². The Morgan fingerprint density at radius 1 is 0.909 bits per heavy atom. The molecule has 1 N–H and O–H groups in total. The summed E-state index contributed by atoms with van der Waals surface area (Å²) < 4.78 is 2.48. The summed E-state index contributed by atoms with van der Waals surface area (Å²) in [5.74, 6) is 2.27. The minimum absolute atomic E-state index is 0.138. The molecule has 2 aromatic rings. The lowest BCUT2D eigenvalue weighted by Crippen LogP contribution is -2.43. The van der Waals surface area contributed by atoms with Gasteiger partial charge in [0.2, 0.25) is 11.9 Å². The van der Waals surface area contributed by atoms with Gasteiger partial charge in [-0.05, 0) is 69.7 Å². The zero-order valence-corrected chi connectivity index (χ0v) is 20.2. The van der Waals surface area contributed by atoms with Crippen molar-refractivity contribution < 1.29 is 4.79 Å². The molecular formula is C27H41N5O. The molecular weight excluding hydrogens is 410 g/mol. The third kappa shape index (κ3) is 5.53. The lowest BCUT2D eigenvalue weighted by Gasteiger charge is -2.33. The Balaban J connectivity index is 1.18. The van der Waals surface area contributed by atoms with Gasteiger partial charge >= 0.3 is 0 Å². The second-order valence-corrected chi connectivity index (χ2v) is 10.5. The Hall–Kier alpha value is -2.08. The number of amides is 1. The van der Waals surface area contributed by atoms with E-state index in [1.807, 2.05) is 0 Å². The number of piperidine rings is 2. The predicted octanol–water partition coefficient (Wildman–Crippen LogP) is 4.44. The van der Waals surface area contributed by atoms with E-state index in [0.29, 0.717) is 0 Å². The van der Waals surface area contributed by atoms with E-state index < -0.39 is 0 Å². The number of rotatable bonds is 7. The quantitative estimate of drug-likeness (QED) is 0.676. The fourth-order valence-electron chi connectivity index (χ4n) is 6.12. The van der Waals surface area contributed by atoms with E-state index in [9.17, 15) is 4.79 Å². The van der Waals surface area contributed by atoms with Crippen LogP contribution in [0.2, 0.25) is 0 Å². The molecule has 3 heterocycles. The molecule has 3 aliphatic rings. The minimum atomic E-state index is 0.138. The largest absolute Gasteiger partial charge is 0.355 e. The molecule has 1 aromatic heterocycles. The number of carbonyl (C=O) groups is 1. The number of nitrogens with zero attached hydrogens (tertiary/aromatic N) is 4. The van der Waals surface area contributed by atoms with Gasteiger partial charge in [0.25, 0.3) is 0 Å². The number of imidazole rings is 1. The van der Waals surface area contributed by atoms with Crippen LogP contribution in [0.3, 0.4) is 0 Å². The van der Waals surface area contributed by atoms with Crippen LogP contribution in [0.5, 0.6) is 0 Å². The topological polar surface area (TPSA) is 53.4 Å². The van der Waals surface area contributed by atoms with Crippen molar-refractivity contribution in [1.29, 1.82) is 0 Å². The van der Waals surface area contributed by atoms with E-state index in [1.54, 1.807) is 0 Å². The summed E-state index contributed by atoms with van der Waals surface area (Å²) in [6.07, 6.45) is 12.6. The van der Waals surface area contributed by atoms with Gasteiger partial charge in [-0.15, -0.1) is 0 Å². The molecule has 0 radical (unpaired) electrons. The second-order valence-electron chi connectivity index (χ2n) is 10.5. The van der Waals surface area contributed by atoms with Crippen LogP contribution >= 0.6 is 0 Å². The van der Waals surface area contributed by atoms with E-state index in [4.69, 9.17) is 4.98 Å². The molecule has 2 aliphatic heterocycles. The molecule has 1 aliphatic carbocycles. The lowest BCUT2D eigenvalue weighted by atomic mass is 9.89. The van der Waals surface area contributed by atoms with Crippen molar-refractivity contribution in [1.82, 2.24) is 19.8 Å². The van der Waals surface area contributed by atoms with Crippen LogP contribution in [0.15, 0.2) is 24.3 Å². The first kappa shape index (κ1) is 22.7. The normalized spacial score (nSPS) is 21.5. The van der Waals surface area contributed by atoms with Crippen molar-refractivity contribution in [2.24, 2.45) is 11.8 Å². The molecule has 0 atom stereocenters. The molecule has 1 saturated carbocycles. The molecule has 1 aromatic carbocycles. The Kier molecular flexibility index (Phi) is 7.50. The maximum Gasteiger partial charge on any atom is 0.223 e. The van der Waals surface area contributed by atoms with Crippen LogP contribution < -0.4 is 10.2 Å². The average molecular weight is 452 g/mol. The van der Waals surface area contributed by atoms with Gasteiger partial charge in [0, 0.05) is 38.6 Å². The number of aromatic nitrogens is 2. The average Bonchev–Trinajstić information content (AvgIpc) is 3.24. The monoisotopic (exact) mass is 451 g/mol. The first-order valence-corrected chi connectivity index (χ1v) is 13.5. The summed E-state index contributed by atoms with van der Waals surface area (Å²) >= 11 is 0. The summed E-state index contributed by atoms with van der Waals surface area (Å²) in [5, 5.41) is 3.22. The van der Waals surface area contributed by atoms with E-state index in [-0.39, 0.29) is 11.8 Å². The van der Waals surface area contributed by atoms with E-state index >= 15 is 0 Å². The number of para-hydroxylation sites is 2. The smallest absolute Gasteiger partial charge is 0.223 e. The Morgan fingerprint density at radius 3 is 2.42 bits per heavy atom. The Labute approximate surface area is 198 Å². The number of nitrogens with one attached hydrogen (secondary N) is 1. The summed E-state index contributed by atoms with van der Waals surface area (Å²) in [7, 11) is 0. The van der Waals surface area contributed by atoms with Crippen molar-refractivity contribution in [3.8, 4) is 0 Å². The number of fused-ring (bicyclic) bond motifs is 1. The van der Waals surface area contributed by atoms with Crippen molar-refractivity contribution in [2.75, 3.05) is 44.2 Å². The molecule has 0 unspecified atom stereocenters. The maximum absolute atomic E-state index is 12.8. The molecule has 0 spiro atoms. The standard InChI is InChI=1S/C27H41N5O/c33-26(28-15-20-30-16-7-2-8-17-30)23-13-18-31(19-14-23)27-29-24-11-5-6-12-25(24)32(27)21-22-9-3-1-4-10-22/h5-6,11-12,22-23H,1-4,7-10,13-21H2,(H,28,33). The zero-order chi connectivity index (χ0) is 22.5. The molecule has 6 nitrogen and oxygen atoms in total. The van der Waals surface area contributed by atoms with Gasteiger partial charge in [0.05, 0.1) is 11.0 Å². The van der Waals surface area contributed by atoms with Crippen molar-refractivity contribution in [3.63, 3.8) is 0 Å². The number of benzene rings is 1. The molecule has 33 heavy (non-hydrogen) atoms. The fraction of sp³-hybridized carbons (Fsp3) is 0.704. The summed E-state index contributed by atoms with van der Waals surface area (Å²) in [5.41, 5.74) is 2.36. The highest BCUT2D eigenvalue weighted by atomic mass is 16.1. The molecule has 0 bridgehead atoms. The van der Waals surface area contributed by atoms with Crippen LogP contribution in [-0.2, 0) is 11.3 Å². The molecule has 2 saturated heterocycles.